The summed E-state index contributed by atoms with van der Waals surface area (Å²) in [5.74, 6) is 1.06. The van der Waals surface area contributed by atoms with Crippen molar-refractivity contribution >= 4 is 17.4 Å². The Morgan fingerprint density at radius 1 is 1.44 bits per heavy atom. The first kappa shape index (κ1) is 9.63. The number of hydrogen-bond acceptors (Lipinski definition) is 3. The Hall–Kier alpha value is -1.58. The van der Waals surface area contributed by atoms with Crippen molar-refractivity contribution in [3.05, 3.63) is 17.8 Å². The maximum Gasteiger partial charge on any atom is 0.229 e. The molecule has 1 aromatic heterocycles. The van der Waals surface area contributed by atoms with E-state index in [-0.39, 0.29) is 17.9 Å². The lowest BCUT2D eigenvalue weighted by Crippen LogP contribution is -2.30. The molecule has 2 aliphatic rings. The highest BCUT2D eigenvalue weighted by Gasteiger charge is 2.36. The molecule has 84 valence electrons. The van der Waals surface area contributed by atoms with Crippen LogP contribution in [0.3, 0.4) is 0 Å². The summed E-state index contributed by atoms with van der Waals surface area (Å²) in [5.41, 5.74) is 1.88. The van der Waals surface area contributed by atoms with Crippen LogP contribution >= 0.6 is 0 Å². The topological polar surface area (TPSA) is 54.0 Å². The SMILES string of the molecule is Cc1cnc2c(c1)NC(=O)C1CCCC1N2. The predicted molar refractivity (Wildman–Crippen MR) is 62.4 cm³/mol. The van der Waals surface area contributed by atoms with E-state index in [1.165, 1.54) is 0 Å². The van der Waals surface area contributed by atoms with E-state index < -0.39 is 0 Å². The van der Waals surface area contributed by atoms with Crippen LogP contribution in [-0.2, 0) is 4.79 Å². The number of nitrogens with one attached hydrogen (secondary N) is 2. The van der Waals surface area contributed by atoms with Crippen molar-refractivity contribution < 1.29 is 4.79 Å². The predicted octanol–water partition coefficient (Wildman–Crippen LogP) is 1.92. The average molecular weight is 217 g/mol. The maximum atomic E-state index is 12.0. The molecule has 16 heavy (non-hydrogen) atoms. The molecule has 1 saturated carbocycles. The van der Waals surface area contributed by atoms with Crippen LogP contribution in [0.1, 0.15) is 24.8 Å². The Balaban J connectivity index is 2.01. The number of hydrogen-bond donors (Lipinski definition) is 2. The van der Waals surface area contributed by atoms with E-state index in [0.29, 0.717) is 0 Å². The van der Waals surface area contributed by atoms with Gasteiger partial charge in [-0.3, -0.25) is 4.79 Å². The molecule has 3 rings (SSSR count). The van der Waals surface area contributed by atoms with Crippen LogP contribution in [0.4, 0.5) is 11.5 Å². The standard InChI is InChI=1S/C12H15N3O/c1-7-5-10-11(13-6-7)14-9-4-2-3-8(9)12(16)15-10/h5-6,8-9H,2-4H2,1H3,(H,13,14)(H,15,16). The van der Waals surface area contributed by atoms with E-state index >= 15 is 0 Å². The molecule has 4 heteroatoms. The van der Waals surface area contributed by atoms with E-state index in [1.807, 2.05) is 19.2 Å². The summed E-state index contributed by atoms with van der Waals surface area (Å²) < 4.78 is 0. The minimum absolute atomic E-state index is 0.106. The van der Waals surface area contributed by atoms with Gasteiger partial charge in [0.15, 0.2) is 0 Å². The number of amides is 1. The van der Waals surface area contributed by atoms with Crippen LogP contribution in [-0.4, -0.2) is 16.9 Å². The number of anilines is 2. The summed E-state index contributed by atoms with van der Waals surface area (Å²) in [4.78, 5) is 16.3. The van der Waals surface area contributed by atoms with Gasteiger partial charge >= 0.3 is 0 Å². The van der Waals surface area contributed by atoms with Crippen molar-refractivity contribution in [2.45, 2.75) is 32.2 Å². The Morgan fingerprint density at radius 2 is 2.31 bits per heavy atom. The normalized spacial score (nSPS) is 27.4. The Morgan fingerprint density at radius 3 is 3.19 bits per heavy atom. The average Bonchev–Trinajstić information content (AvgIpc) is 2.65. The molecular formula is C12H15N3O. The number of aromatic nitrogens is 1. The molecule has 0 radical (unpaired) electrons. The van der Waals surface area contributed by atoms with Crippen molar-refractivity contribution in [2.75, 3.05) is 10.6 Å². The molecule has 0 spiro atoms. The molecular weight excluding hydrogens is 202 g/mol. The molecule has 2 unspecified atom stereocenters. The van der Waals surface area contributed by atoms with Crippen LogP contribution < -0.4 is 10.6 Å². The first-order valence-corrected chi connectivity index (χ1v) is 5.78. The zero-order chi connectivity index (χ0) is 11.1. The number of carbonyl (C=O) groups is 1. The van der Waals surface area contributed by atoms with Crippen LogP contribution in [0.15, 0.2) is 12.3 Å². The molecule has 2 heterocycles. The Bertz CT molecular complexity index is 444. The summed E-state index contributed by atoms with van der Waals surface area (Å²) in [6, 6.07) is 2.23. The van der Waals surface area contributed by atoms with Crippen LogP contribution in [0, 0.1) is 12.8 Å². The van der Waals surface area contributed by atoms with Crippen molar-refractivity contribution in [1.82, 2.24) is 4.98 Å². The second-order valence-corrected chi connectivity index (χ2v) is 4.69. The summed E-state index contributed by atoms with van der Waals surface area (Å²) in [7, 11) is 0. The number of aryl methyl sites for hydroxylation is 1. The smallest absolute Gasteiger partial charge is 0.229 e. The highest BCUT2D eigenvalue weighted by Crippen LogP contribution is 2.34. The van der Waals surface area contributed by atoms with Gasteiger partial charge in [-0.1, -0.05) is 6.42 Å². The molecule has 1 aliphatic carbocycles. The third-order valence-electron chi connectivity index (χ3n) is 3.46. The zero-order valence-electron chi connectivity index (χ0n) is 9.29. The van der Waals surface area contributed by atoms with Crippen molar-refractivity contribution in [2.24, 2.45) is 5.92 Å². The molecule has 1 aliphatic heterocycles. The second kappa shape index (κ2) is 3.47. The van der Waals surface area contributed by atoms with Gasteiger partial charge in [0.25, 0.3) is 0 Å². The van der Waals surface area contributed by atoms with E-state index in [2.05, 4.69) is 15.6 Å². The molecule has 1 fully saturated rings. The summed E-state index contributed by atoms with van der Waals surface area (Å²) in [6.45, 7) is 1.98. The molecule has 4 nitrogen and oxygen atoms in total. The second-order valence-electron chi connectivity index (χ2n) is 4.69. The quantitative estimate of drug-likeness (QED) is 0.698. The van der Waals surface area contributed by atoms with Crippen LogP contribution in [0.2, 0.25) is 0 Å². The summed E-state index contributed by atoms with van der Waals surface area (Å²) >= 11 is 0. The van der Waals surface area contributed by atoms with Crippen molar-refractivity contribution in [1.29, 1.82) is 0 Å². The van der Waals surface area contributed by atoms with Gasteiger partial charge in [0.1, 0.15) is 5.82 Å². The monoisotopic (exact) mass is 217 g/mol. The maximum absolute atomic E-state index is 12.0. The van der Waals surface area contributed by atoms with Gasteiger partial charge in [-0.2, -0.15) is 0 Å². The Labute approximate surface area is 94.5 Å². The van der Waals surface area contributed by atoms with Gasteiger partial charge < -0.3 is 10.6 Å². The molecule has 0 saturated heterocycles. The molecule has 1 amide bonds. The molecule has 2 N–H and O–H groups in total. The third kappa shape index (κ3) is 1.45. The fourth-order valence-corrected chi connectivity index (χ4v) is 2.63. The number of nitrogens with zero attached hydrogens (tertiary/aromatic N) is 1. The number of fused-ring (bicyclic) bond motifs is 2. The van der Waals surface area contributed by atoms with Gasteiger partial charge in [-0.05, 0) is 31.4 Å². The number of rotatable bonds is 0. The zero-order valence-corrected chi connectivity index (χ0v) is 9.29. The highest BCUT2D eigenvalue weighted by molar-refractivity contribution is 5.97. The first-order chi connectivity index (χ1) is 7.74. The molecule has 0 aromatic carbocycles. The fraction of sp³-hybridized carbons (Fsp3) is 0.500. The van der Waals surface area contributed by atoms with Gasteiger partial charge in [-0.25, -0.2) is 4.98 Å². The summed E-state index contributed by atoms with van der Waals surface area (Å²) in [5, 5.41) is 6.36. The van der Waals surface area contributed by atoms with Gasteiger partial charge in [0.2, 0.25) is 5.91 Å². The lowest BCUT2D eigenvalue weighted by Gasteiger charge is -2.15. The lowest BCUT2D eigenvalue weighted by molar-refractivity contribution is -0.119. The Kier molecular flexibility index (Phi) is 2.09. The van der Waals surface area contributed by atoms with Gasteiger partial charge in [0, 0.05) is 12.2 Å². The van der Waals surface area contributed by atoms with Gasteiger partial charge in [0.05, 0.1) is 11.6 Å². The van der Waals surface area contributed by atoms with Gasteiger partial charge in [-0.15, -0.1) is 0 Å². The first-order valence-electron chi connectivity index (χ1n) is 5.78. The number of pyridine rings is 1. The van der Waals surface area contributed by atoms with E-state index in [4.69, 9.17) is 0 Å². The molecule has 2 atom stereocenters. The number of carbonyl (C=O) groups excluding carboxylic acids is 1. The fourth-order valence-electron chi connectivity index (χ4n) is 2.63. The molecule has 0 bridgehead atoms. The lowest BCUT2D eigenvalue weighted by atomic mass is 10.0. The van der Waals surface area contributed by atoms with Crippen LogP contribution in [0.25, 0.3) is 0 Å². The largest absolute Gasteiger partial charge is 0.365 e. The summed E-state index contributed by atoms with van der Waals surface area (Å²) in [6.07, 6.45) is 4.99. The van der Waals surface area contributed by atoms with E-state index in [0.717, 1.165) is 36.3 Å². The van der Waals surface area contributed by atoms with E-state index in [1.54, 1.807) is 0 Å². The molecule has 1 aromatic rings. The third-order valence-corrected chi connectivity index (χ3v) is 3.46. The minimum atomic E-state index is 0.106. The van der Waals surface area contributed by atoms with Crippen molar-refractivity contribution in [3.63, 3.8) is 0 Å². The van der Waals surface area contributed by atoms with Crippen molar-refractivity contribution in [3.8, 4) is 0 Å². The van der Waals surface area contributed by atoms with Crippen LogP contribution in [0.5, 0.6) is 0 Å². The highest BCUT2D eigenvalue weighted by atomic mass is 16.2. The van der Waals surface area contributed by atoms with E-state index in [9.17, 15) is 4.79 Å². The minimum Gasteiger partial charge on any atom is -0.365 e.